The second-order valence-corrected chi connectivity index (χ2v) is 6.53. The quantitative estimate of drug-likeness (QED) is 0.441. The van der Waals surface area contributed by atoms with E-state index in [9.17, 15) is 0 Å². The Morgan fingerprint density at radius 1 is 0.667 bits per heavy atom. The standard InChI is InChI=1S/C25H18O2/c1-26-21-16-15-20-23(17-9-4-2-5-10-17)25(18-11-6-3-7-12-18)27-22-14-8-13-19(21)24(20)22/h2-16H,1H3. The molecule has 0 bridgehead atoms. The molecule has 0 aliphatic carbocycles. The monoisotopic (exact) mass is 350 g/mol. The fraction of sp³-hybridized carbons (Fsp3) is 0.0400. The van der Waals surface area contributed by atoms with E-state index in [-0.39, 0.29) is 0 Å². The highest BCUT2D eigenvalue weighted by Gasteiger charge is 2.25. The Balaban J connectivity index is 1.89. The molecule has 1 heterocycles. The number of benzene rings is 4. The molecular weight excluding hydrogens is 332 g/mol. The van der Waals surface area contributed by atoms with Crippen LogP contribution in [0.5, 0.6) is 11.5 Å². The van der Waals surface area contributed by atoms with Crippen molar-refractivity contribution in [2.75, 3.05) is 7.11 Å². The van der Waals surface area contributed by atoms with E-state index in [4.69, 9.17) is 9.47 Å². The van der Waals surface area contributed by atoms with Gasteiger partial charge >= 0.3 is 0 Å². The molecule has 1 aliphatic heterocycles. The SMILES string of the molecule is COc1ccc2c3c(cccc13)OC(c1ccccc1)=C2c1ccccc1. The van der Waals surface area contributed by atoms with E-state index in [1.165, 1.54) is 0 Å². The summed E-state index contributed by atoms with van der Waals surface area (Å²) in [6, 6.07) is 31.0. The summed E-state index contributed by atoms with van der Waals surface area (Å²) in [4.78, 5) is 0. The van der Waals surface area contributed by atoms with Crippen molar-refractivity contribution in [3.8, 4) is 11.5 Å². The van der Waals surface area contributed by atoms with E-state index in [1.807, 2.05) is 42.5 Å². The Bertz CT molecular complexity index is 1160. The van der Waals surface area contributed by atoms with Crippen LogP contribution in [0.2, 0.25) is 0 Å². The molecule has 0 saturated carbocycles. The number of methoxy groups -OCH3 is 1. The van der Waals surface area contributed by atoms with Crippen molar-refractivity contribution in [1.29, 1.82) is 0 Å². The van der Waals surface area contributed by atoms with Crippen LogP contribution in [0, 0.1) is 0 Å². The number of hydrogen-bond acceptors (Lipinski definition) is 2. The van der Waals surface area contributed by atoms with Crippen molar-refractivity contribution >= 4 is 22.1 Å². The van der Waals surface area contributed by atoms with Gasteiger partial charge < -0.3 is 9.47 Å². The van der Waals surface area contributed by atoms with Crippen LogP contribution >= 0.6 is 0 Å². The summed E-state index contributed by atoms with van der Waals surface area (Å²) in [5, 5.41) is 2.16. The summed E-state index contributed by atoms with van der Waals surface area (Å²) in [6.07, 6.45) is 0. The molecule has 1 aliphatic rings. The van der Waals surface area contributed by atoms with Crippen LogP contribution in [0.4, 0.5) is 0 Å². The molecule has 5 rings (SSSR count). The van der Waals surface area contributed by atoms with Gasteiger partial charge in [-0.15, -0.1) is 0 Å². The predicted octanol–water partition coefficient (Wildman–Crippen LogP) is 6.16. The number of rotatable bonds is 3. The van der Waals surface area contributed by atoms with Gasteiger partial charge in [-0.1, -0.05) is 72.8 Å². The molecule has 4 aromatic rings. The molecule has 0 spiro atoms. The van der Waals surface area contributed by atoms with Gasteiger partial charge in [0.25, 0.3) is 0 Å². The van der Waals surface area contributed by atoms with Crippen LogP contribution in [-0.2, 0) is 0 Å². The lowest BCUT2D eigenvalue weighted by Crippen LogP contribution is -2.07. The maximum absolute atomic E-state index is 6.48. The molecule has 0 atom stereocenters. The molecule has 0 amide bonds. The van der Waals surface area contributed by atoms with Gasteiger partial charge in [0.15, 0.2) is 0 Å². The van der Waals surface area contributed by atoms with E-state index in [0.29, 0.717) is 0 Å². The maximum Gasteiger partial charge on any atom is 0.143 e. The number of hydrogen-bond donors (Lipinski definition) is 0. The largest absolute Gasteiger partial charge is 0.496 e. The Morgan fingerprint density at radius 2 is 1.37 bits per heavy atom. The first-order valence-electron chi connectivity index (χ1n) is 9.00. The van der Waals surface area contributed by atoms with Crippen LogP contribution in [0.15, 0.2) is 91.0 Å². The molecule has 0 aromatic heterocycles. The molecule has 0 radical (unpaired) electrons. The van der Waals surface area contributed by atoms with E-state index < -0.39 is 0 Å². The van der Waals surface area contributed by atoms with E-state index in [2.05, 4.69) is 48.5 Å². The van der Waals surface area contributed by atoms with Crippen molar-refractivity contribution in [2.45, 2.75) is 0 Å². The Labute approximate surface area is 158 Å². The molecule has 2 heteroatoms. The molecule has 0 fully saturated rings. The molecule has 0 unspecified atom stereocenters. The smallest absolute Gasteiger partial charge is 0.143 e. The van der Waals surface area contributed by atoms with Crippen LogP contribution in [0.25, 0.3) is 22.1 Å². The molecule has 0 saturated heterocycles. The van der Waals surface area contributed by atoms with E-state index in [1.54, 1.807) is 7.11 Å². The lowest BCUT2D eigenvalue weighted by molar-refractivity contribution is 0.419. The van der Waals surface area contributed by atoms with Crippen molar-refractivity contribution in [2.24, 2.45) is 0 Å². The zero-order chi connectivity index (χ0) is 18.2. The fourth-order valence-electron chi connectivity index (χ4n) is 3.79. The zero-order valence-electron chi connectivity index (χ0n) is 15.0. The Morgan fingerprint density at radius 3 is 2.07 bits per heavy atom. The third-order valence-electron chi connectivity index (χ3n) is 4.99. The lowest BCUT2D eigenvalue weighted by atomic mass is 9.88. The fourth-order valence-corrected chi connectivity index (χ4v) is 3.79. The minimum atomic E-state index is 0.856. The first kappa shape index (κ1) is 15.7. The molecule has 130 valence electrons. The summed E-state index contributed by atoms with van der Waals surface area (Å²) < 4.78 is 12.1. The molecule has 2 nitrogen and oxygen atoms in total. The van der Waals surface area contributed by atoms with Gasteiger partial charge in [0.1, 0.15) is 17.3 Å². The third kappa shape index (κ3) is 2.49. The Kier molecular flexibility index (Phi) is 3.68. The van der Waals surface area contributed by atoms with Gasteiger partial charge in [0, 0.05) is 21.9 Å². The first-order valence-corrected chi connectivity index (χ1v) is 9.00. The van der Waals surface area contributed by atoms with Crippen molar-refractivity contribution in [3.63, 3.8) is 0 Å². The highest BCUT2D eigenvalue weighted by atomic mass is 16.5. The minimum absolute atomic E-state index is 0.856. The zero-order valence-corrected chi connectivity index (χ0v) is 15.0. The minimum Gasteiger partial charge on any atom is -0.496 e. The van der Waals surface area contributed by atoms with Gasteiger partial charge in [-0.2, -0.15) is 0 Å². The molecular formula is C25H18O2. The third-order valence-corrected chi connectivity index (χ3v) is 4.99. The maximum atomic E-state index is 6.48. The van der Waals surface area contributed by atoms with Crippen molar-refractivity contribution in [3.05, 3.63) is 108 Å². The lowest BCUT2D eigenvalue weighted by Gasteiger charge is -2.25. The summed E-state index contributed by atoms with van der Waals surface area (Å²) in [5.41, 5.74) is 4.47. The second-order valence-electron chi connectivity index (χ2n) is 6.53. The molecule has 27 heavy (non-hydrogen) atoms. The Hall–Kier alpha value is -3.52. The van der Waals surface area contributed by atoms with Crippen molar-refractivity contribution < 1.29 is 9.47 Å². The highest BCUT2D eigenvalue weighted by Crippen LogP contribution is 2.47. The topological polar surface area (TPSA) is 18.5 Å². The van der Waals surface area contributed by atoms with E-state index in [0.717, 1.165) is 50.3 Å². The first-order chi connectivity index (χ1) is 13.4. The molecule has 4 aromatic carbocycles. The van der Waals surface area contributed by atoms with Crippen LogP contribution in [-0.4, -0.2) is 7.11 Å². The summed E-state index contributed by atoms with van der Waals surface area (Å²) in [6.45, 7) is 0. The summed E-state index contributed by atoms with van der Waals surface area (Å²) in [5.74, 6) is 2.60. The van der Waals surface area contributed by atoms with Crippen molar-refractivity contribution in [1.82, 2.24) is 0 Å². The predicted molar refractivity (Wildman–Crippen MR) is 110 cm³/mol. The highest BCUT2D eigenvalue weighted by molar-refractivity contribution is 6.11. The average molecular weight is 350 g/mol. The molecule has 0 N–H and O–H groups in total. The van der Waals surface area contributed by atoms with Crippen LogP contribution < -0.4 is 9.47 Å². The number of ether oxygens (including phenoxy) is 2. The van der Waals surface area contributed by atoms with Crippen LogP contribution in [0.1, 0.15) is 16.7 Å². The average Bonchev–Trinajstić information content (AvgIpc) is 2.75. The van der Waals surface area contributed by atoms with Crippen LogP contribution in [0.3, 0.4) is 0 Å². The van der Waals surface area contributed by atoms with E-state index >= 15 is 0 Å². The van der Waals surface area contributed by atoms with Gasteiger partial charge in [-0.25, -0.2) is 0 Å². The summed E-state index contributed by atoms with van der Waals surface area (Å²) >= 11 is 0. The second kappa shape index (κ2) is 6.33. The van der Waals surface area contributed by atoms with Gasteiger partial charge in [0.2, 0.25) is 0 Å². The normalized spacial score (nSPS) is 12.8. The van der Waals surface area contributed by atoms with Gasteiger partial charge in [-0.3, -0.25) is 0 Å². The van der Waals surface area contributed by atoms with Gasteiger partial charge in [0.05, 0.1) is 7.11 Å². The summed E-state index contributed by atoms with van der Waals surface area (Å²) in [7, 11) is 1.71. The van der Waals surface area contributed by atoms with Gasteiger partial charge in [-0.05, 0) is 29.3 Å².